The van der Waals surface area contributed by atoms with Crippen molar-refractivity contribution in [2.24, 2.45) is 5.73 Å². The quantitative estimate of drug-likeness (QED) is 0.471. The van der Waals surface area contributed by atoms with E-state index >= 15 is 0 Å². The molecule has 1 aliphatic heterocycles. The maximum Gasteiger partial charge on any atom is 0.182 e. The number of piperazine rings is 1. The highest BCUT2D eigenvalue weighted by Crippen LogP contribution is 2.26. The number of hydrazine groups is 1. The molecule has 4 N–H and O–H groups in total. The minimum Gasteiger partial charge on any atom is -0.375 e. The van der Waals surface area contributed by atoms with Crippen LogP contribution in [0.2, 0.25) is 5.02 Å². The molecule has 29 heavy (non-hydrogen) atoms. The molecule has 0 saturated carbocycles. The zero-order chi connectivity index (χ0) is 21.0. The molecule has 3 rings (SSSR count). The van der Waals surface area contributed by atoms with E-state index < -0.39 is 11.6 Å². The Hall–Kier alpha value is -2.07. The van der Waals surface area contributed by atoms with Crippen LogP contribution in [0, 0.1) is 17.5 Å². The summed E-state index contributed by atoms with van der Waals surface area (Å²) in [5.41, 5.74) is 11.2. The van der Waals surface area contributed by atoms with Crippen LogP contribution in [-0.4, -0.2) is 36.2 Å². The Labute approximate surface area is 177 Å². The van der Waals surface area contributed by atoms with E-state index in [1.165, 1.54) is 12.1 Å². The van der Waals surface area contributed by atoms with Gasteiger partial charge in [0.25, 0.3) is 0 Å². The highest BCUT2D eigenvalue weighted by Gasteiger charge is 2.23. The lowest BCUT2D eigenvalue weighted by molar-refractivity contribution is 0.246. The first-order chi connectivity index (χ1) is 13.9. The molecule has 1 aliphatic rings. The Morgan fingerprint density at radius 1 is 1.07 bits per heavy atom. The van der Waals surface area contributed by atoms with Gasteiger partial charge in [0.05, 0.1) is 5.69 Å². The zero-order valence-electron chi connectivity index (χ0n) is 15.5. The molecule has 0 bridgehead atoms. The summed E-state index contributed by atoms with van der Waals surface area (Å²) in [6, 6.07) is 7.67. The first-order valence-corrected chi connectivity index (χ1v) is 9.81. The lowest BCUT2D eigenvalue weighted by Gasteiger charge is -2.36. The van der Waals surface area contributed by atoms with E-state index in [4.69, 9.17) is 17.3 Å². The number of nitrogens with zero attached hydrogens (tertiary/aromatic N) is 2. The smallest absolute Gasteiger partial charge is 0.182 e. The van der Waals surface area contributed by atoms with E-state index in [2.05, 4.69) is 23.1 Å². The number of nitrogens with one attached hydrogen (secondary N) is 2. The second-order valence-electron chi connectivity index (χ2n) is 6.68. The van der Waals surface area contributed by atoms with E-state index in [1.807, 2.05) is 4.90 Å². The molecule has 156 valence electrons. The fourth-order valence-electron chi connectivity index (χ4n) is 3.24. The average Bonchev–Trinajstić information content (AvgIpc) is 2.69. The number of hydrogen-bond donors (Lipinski definition) is 3. The van der Waals surface area contributed by atoms with E-state index in [-0.39, 0.29) is 28.7 Å². The van der Waals surface area contributed by atoms with Crippen LogP contribution in [-0.2, 0) is 13.1 Å². The van der Waals surface area contributed by atoms with Gasteiger partial charge in [0.2, 0.25) is 0 Å². The van der Waals surface area contributed by atoms with Crippen molar-refractivity contribution in [1.82, 2.24) is 15.8 Å². The van der Waals surface area contributed by atoms with E-state index in [1.54, 1.807) is 23.1 Å². The summed E-state index contributed by atoms with van der Waals surface area (Å²) in [5.74, 6) is -2.16. The molecule has 0 unspecified atom stereocenters. The van der Waals surface area contributed by atoms with Gasteiger partial charge in [-0.2, -0.15) is 0 Å². The summed E-state index contributed by atoms with van der Waals surface area (Å²) in [7, 11) is 0. The van der Waals surface area contributed by atoms with Crippen LogP contribution in [0.15, 0.2) is 30.3 Å². The second-order valence-corrected chi connectivity index (χ2v) is 7.53. The molecule has 10 heteroatoms. The molecule has 5 nitrogen and oxygen atoms in total. The van der Waals surface area contributed by atoms with Gasteiger partial charge in [0.1, 0.15) is 5.82 Å². The van der Waals surface area contributed by atoms with Crippen LogP contribution in [0.1, 0.15) is 11.1 Å². The van der Waals surface area contributed by atoms with Gasteiger partial charge < -0.3 is 10.6 Å². The Bertz CT molecular complexity index is 870. The van der Waals surface area contributed by atoms with Gasteiger partial charge >= 0.3 is 0 Å². The van der Waals surface area contributed by atoms with Gasteiger partial charge in [-0.3, -0.25) is 10.3 Å². The van der Waals surface area contributed by atoms with Crippen molar-refractivity contribution in [1.29, 1.82) is 0 Å². The summed E-state index contributed by atoms with van der Waals surface area (Å²) < 4.78 is 43.0. The summed E-state index contributed by atoms with van der Waals surface area (Å²) >= 11 is 10.7. The number of thiocarbonyl (C=S) groups is 1. The predicted molar refractivity (Wildman–Crippen MR) is 112 cm³/mol. The van der Waals surface area contributed by atoms with Crippen molar-refractivity contribution < 1.29 is 13.2 Å². The minimum atomic E-state index is -0.916. The van der Waals surface area contributed by atoms with Gasteiger partial charge in [-0.1, -0.05) is 23.7 Å². The minimum absolute atomic E-state index is 0.0112. The van der Waals surface area contributed by atoms with Crippen LogP contribution in [0.4, 0.5) is 18.9 Å². The number of nitrogens with two attached hydrogens (primary N) is 1. The number of halogens is 4. The van der Waals surface area contributed by atoms with Crippen LogP contribution < -0.4 is 21.5 Å². The van der Waals surface area contributed by atoms with E-state index in [0.29, 0.717) is 43.3 Å². The third-order valence-corrected chi connectivity index (χ3v) is 5.24. The third kappa shape index (κ3) is 5.30. The predicted octanol–water partition coefficient (Wildman–Crippen LogP) is 2.92. The molecule has 2 aromatic carbocycles. The second kappa shape index (κ2) is 9.62. The van der Waals surface area contributed by atoms with Crippen LogP contribution in [0.5, 0.6) is 0 Å². The fraction of sp³-hybridized carbons (Fsp3) is 0.316. The standard InChI is InChI=1S/C19H21ClF3N5S/c20-14-2-1-3-15(21)13(14)11-27-6-8-28(9-7-27)16-5-4-12(17(22)18(16)23)10-25-26-19(24)29/h1-5,25H,6-11H2,(H3,24,26,29). The van der Waals surface area contributed by atoms with Gasteiger partial charge in [0.15, 0.2) is 16.7 Å². The highest BCUT2D eigenvalue weighted by atomic mass is 35.5. The van der Waals surface area contributed by atoms with Crippen molar-refractivity contribution in [2.45, 2.75) is 13.1 Å². The largest absolute Gasteiger partial charge is 0.375 e. The van der Waals surface area contributed by atoms with Crippen molar-refractivity contribution >= 4 is 34.6 Å². The molecule has 2 aromatic rings. The van der Waals surface area contributed by atoms with Crippen LogP contribution >= 0.6 is 23.8 Å². The Morgan fingerprint density at radius 3 is 2.45 bits per heavy atom. The van der Waals surface area contributed by atoms with Crippen molar-refractivity contribution in [3.8, 4) is 0 Å². The number of hydrogen-bond acceptors (Lipinski definition) is 4. The fourth-order valence-corrected chi connectivity index (χ4v) is 3.54. The lowest BCUT2D eigenvalue weighted by atomic mass is 10.1. The molecule has 0 aliphatic carbocycles. The molecule has 0 amide bonds. The van der Waals surface area contributed by atoms with Gasteiger partial charge in [-0.25, -0.2) is 18.6 Å². The summed E-state index contributed by atoms with van der Waals surface area (Å²) in [4.78, 5) is 3.82. The molecule has 0 spiro atoms. The SMILES string of the molecule is NC(=S)NNCc1ccc(N2CCN(Cc3c(F)cccc3Cl)CC2)c(F)c1F. The summed E-state index contributed by atoms with van der Waals surface area (Å²) in [6.45, 7) is 2.53. The molecule has 1 heterocycles. The van der Waals surface area contributed by atoms with Gasteiger partial charge in [-0.15, -0.1) is 0 Å². The lowest BCUT2D eigenvalue weighted by Crippen LogP contribution is -2.46. The molecule has 0 aromatic heterocycles. The Kier molecular flexibility index (Phi) is 7.18. The summed E-state index contributed by atoms with van der Waals surface area (Å²) in [6.07, 6.45) is 0. The molecule has 0 radical (unpaired) electrons. The summed E-state index contributed by atoms with van der Waals surface area (Å²) in [5, 5.41) is 0.395. The van der Waals surface area contributed by atoms with Crippen molar-refractivity contribution in [3.05, 3.63) is 63.9 Å². The number of rotatable bonds is 6. The molecule has 0 atom stereocenters. The first-order valence-electron chi connectivity index (χ1n) is 9.02. The maximum atomic E-state index is 14.6. The average molecular weight is 444 g/mol. The Morgan fingerprint density at radius 2 is 1.79 bits per heavy atom. The van der Waals surface area contributed by atoms with Crippen molar-refractivity contribution in [2.75, 3.05) is 31.1 Å². The van der Waals surface area contributed by atoms with Crippen LogP contribution in [0.25, 0.3) is 0 Å². The number of benzene rings is 2. The monoisotopic (exact) mass is 443 g/mol. The molecular weight excluding hydrogens is 423 g/mol. The van der Waals surface area contributed by atoms with Crippen molar-refractivity contribution in [3.63, 3.8) is 0 Å². The zero-order valence-corrected chi connectivity index (χ0v) is 17.1. The molecule has 1 fully saturated rings. The first kappa shape index (κ1) is 21.6. The topological polar surface area (TPSA) is 56.6 Å². The molecule has 1 saturated heterocycles. The maximum absolute atomic E-state index is 14.6. The van der Waals surface area contributed by atoms with E-state index in [0.717, 1.165) is 0 Å². The Balaban J connectivity index is 1.62. The van der Waals surface area contributed by atoms with Gasteiger partial charge in [0, 0.05) is 55.4 Å². The normalized spacial score (nSPS) is 14.8. The number of anilines is 1. The van der Waals surface area contributed by atoms with E-state index in [9.17, 15) is 13.2 Å². The molecular formula is C19H21ClF3N5S. The van der Waals surface area contributed by atoms with Gasteiger partial charge in [-0.05, 0) is 30.4 Å². The highest BCUT2D eigenvalue weighted by molar-refractivity contribution is 7.80. The van der Waals surface area contributed by atoms with Crippen LogP contribution in [0.3, 0.4) is 0 Å². The third-order valence-electron chi connectivity index (χ3n) is 4.79.